The van der Waals surface area contributed by atoms with Crippen LogP contribution >= 0.6 is 15.9 Å². The highest BCUT2D eigenvalue weighted by Crippen LogP contribution is 2.16. The van der Waals surface area contributed by atoms with Crippen LogP contribution in [-0.2, 0) is 0 Å². The summed E-state index contributed by atoms with van der Waals surface area (Å²) in [5, 5.41) is 0. The van der Waals surface area contributed by atoms with Crippen molar-refractivity contribution in [1.82, 2.24) is 4.98 Å². The lowest BCUT2D eigenvalue weighted by molar-refractivity contribution is 0.816. The molecule has 0 aliphatic rings. The molecule has 1 aromatic rings. The fourth-order valence-corrected chi connectivity index (χ4v) is 1.44. The van der Waals surface area contributed by atoms with Crippen LogP contribution in [0.15, 0.2) is 29.0 Å². The predicted molar refractivity (Wildman–Crippen MR) is 60.5 cm³/mol. The van der Waals surface area contributed by atoms with Crippen LogP contribution in [-0.4, -0.2) is 4.98 Å². The summed E-state index contributed by atoms with van der Waals surface area (Å²) in [6.07, 6.45) is 11.7. The SMILES string of the molecule is CCCCC=Cc1ccncc1Br. The second-order valence-corrected chi connectivity index (χ2v) is 3.80. The van der Waals surface area contributed by atoms with Crippen molar-refractivity contribution in [2.24, 2.45) is 0 Å². The molecule has 1 heterocycles. The molecule has 70 valence electrons. The number of halogens is 1. The van der Waals surface area contributed by atoms with E-state index < -0.39 is 0 Å². The minimum Gasteiger partial charge on any atom is -0.264 e. The number of unbranched alkanes of at least 4 members (excludes halogenated alkanes) is 2. The standard InChI is InChI=1S/C11H14BrN/c1-2-3-4-5-6-10-7-8-13-9-11(10)12/h5-9H,2-4H2,1H3. The molecule has 0 aliphatic carbocycles. The smallest absolute Gasteiger partial charge is 0.0431 e. The van der Waals surface area contributed by atoms with E-state index in [2.05, 4.69) is 40.0 Å². The second-order valence-electron chi connectivity index (χ2n) is 2.94. The van der Waals surface area contributed by atoms with Gasteiger partial charge in [0, 0.05) is 16.9 Å². The van der Waals surface area contributed by atoms with Gasteiger partial charge in [0.15, 0.2) is 0 Å². The molecule has 1 aromatic heterocycles. The molecule has 0 aromatic carbocycles. The van der Waals surface area contributed by atoms with Gasteiger partial charge in [-0.05, 0) is 34.0 Å². The maximum Gasteiger partial charge on any atom is 0.0431 e. The number of aromatic nitrogens is 1. The number of allylic oxidation sites excluding steroid dienone is 1. The Morgan fingerprint density at radius 2 is 2.38 bits per heavy atom. The maximum atomic E-state index is 4.01. The van der Waals surface area contributed by atoms with Crippen molar-refractivity contribution >= 4 is 22.0 Å². The van der Waals surface area contributed by atoms with Crippen molar-refractivity contribution in [2.45, 2.75) is 26.2 Å². The van der Waals surface area contributed by atoms with Gasteiger partial charge < -0.3 is 0 Å². The van der Waals surface area contributed by atoms with Crippen LogP contribution in [0.2, 0.25) is 0 Å². The first kappa shape index (κ1) is 10.5. The third-order valence-electron chi connectivity index (χ3n) is 1.83. The van der Waals surface area contributed by atoms with Crippen LogP contribution in [0, 0.1) is 0 Å². The van der Waals surface area contributed by atoms with Crippen molar-refractivity contribution in [2.75, 3.05) is 0 Å². The van der Waals surface area contributed by atoms with E-state index in [1.54, 1.807) is 0 Å². The van der Waals surface area contributed by atoms with Gasteiger partial charge >= 0.3 is 0 Å². The summed E-state index contributed by atoms with van der Waals surface area (Å²) in [4.78, 5) is 4.01. The average Bonchev–Trinajstić information content (AvgIpc) is 2.15. The number of pyridine rings is 1. The van der Waals surface area contributed by atoms with Crippen LogP contribution in [0.1, 0.15) is 31.7 Å². The highest BCUT2D eigenvalue weighted by atomic mass is 79.9. The minimum absolute atomic E-state index is 1.06. The zero-order chi connectivity index (χ0) is 9.52. The summed E-state index contributed by atoms with van der Waals surface area (Å²) >= 11 is 3.45. The topological polar surface area (TPSA) is 12.9 Å². The average molecular weight is 240 g/mol. The van der Waals surface area contributed by atoms with Gasteiger partial charge in [0.2, 0.25) is 0 Å². The fraction of sp³-hybridized carbons (Fsp3) is 0.364. The Morgan fingerprint density at radius 3 is 3.08 bits per heavy atom. The van der Waals surface area contributed by atoms with Crippen molar-refractivity contribution in [3.63, 3.8) is 0 Å². The molecule has 13 heavy (non-hydrogen) atoms. The minimum atomic E-state index is 1.06. The molecule has 0 spiro atoms. The van der Waals surface area contributed by atoms with E-state index in [9.17, 15) is 0 Å². The lowest BCUT2D eigenvalue weighted by atomic mass is 10.2. The van der Waals surface area contributed by atoms with E-state index in [0.29, 0.717) is 0 Å². The number of hydrogen-bond acceptors (Lipinski definition) is 1. The van der Waals surface area contributed by atoms with E-state index in [0.717, 1.165) is 10.9 Å². The number of nitrogens with zero attached hydrogens (tertiary/aromatic N) is 1. The Bertz CT molecular complexity index is 281. The van der Waals surface area contributed by atoms with Crippen LogP contribution in [0.5, 0.6) is 0 Å². The Balaban J connectivity index is 2.53. The zero-order valence-electron chi connectivity index (χ0n) is 7.83. The quantitative estimate of drug-likeness (QED) is 0.723. The molecule has 0 aliphatic heterocycles. The monoisotopic (exact) mass is 239 g/mol. The molecular formula is C11H14BrN. The van der Waals surface area contributed by atoms with Gasteiger partial charge in [-0.1, -0.05) is 31.9 Å². The molecule has 0 N–H and O–H groups in total. The van der Waals surface area contributed by atoms with Crippen LogP contribution < -0.4 is 0 Å². The van der Waals surface area contributed by atoms with E-state index in [1.165, 1.54) is 18.4 Å². The molecule has 0 saturated carbocycles. The summed E-state index contributed by atoms with van der Waals surface area (Å²) in [5.74, 6) is 0. The lowest BCUT2D eigenvalue weighted by Crippen LogP contribution is -1.77. The van der Waals surface area contributed by atoms with Crippen molar-refractivity contribution in [1.29, 1.82) is 0 Å². The molecule has 0 saturated heterocycles. The van der Waals surface area contributed by atoms with E-state index in [4.69, 9.17) is 0 Å². The fourth-order valence-electron chi connectivity index (χ4n) is 1.05. The first-order valence-corrected chi connectivity index (χ1v) is 5.40. The lowest BCUT2D eigenvalue weighted by Gasteiger charge is -1.95. The Kier molecular flexibility index (Phi) is 4.76. The van der Waals surface area contributed by atoms with Gasteiger partial charge in [-0.3, -0.25) is 4.98 Å². The molecule has 0 fully saturated rings. The van der Waals surface area contributed by atoms with Crippen LogP contribution in [0.3, 0.4) is 0 Å². The third kappa shape index (κ3) is 3.73. The molecule has 0 amide bonds. The summed E-state index contributed by atoms with van der Waals surface area (Å²) in [6, 6.07) is 2.01. The van der Waals surface area contributed by atoms with Crippen molar-refractivity contribution < 1.29 is 0 Å². The first-order chi connectivity index (χ1) is 6.34. The molecule has 0 bridgehead atoms. The zero-order valence-corrected chi connectivity index (χ0v) is 9.42. The molecule has 2 heteroatoms. The Hall–Kier alpha value is -0.630. The van der Waals surface area contributed by atoms with Gasteiger partial charge in [-0.25, -0.2) is 0 Å². The Labute approximate surface area is 88.0 Å². The first-order valence-electron chi connectivity index (χ1n) is 4.60. The van der Waals surface area contributed by atoms with Gasteiger partial charge in [-0.2, -0.15) is 0 Å². The summed E-state index contributed by atoms with van der Waals surface area (Å²) in [6.45, 7) is 2.20. The largest absolute Gasteiger partial charge is 0.264 e. The number of rotatable bonds is 4. The van der Waals surface area contributed by atoms with Crippen LogP contribution in [0.25, 0.3) is 6.08 Å². The van der Waals surface area contributed by atoms with E-state index in [1.807, 2.05) is 18.5 Å². The maximum absolute atomic E-state index is 4.01. The van der Waals surface area contributed by atoms with Gasteiger partial charge in [-0.15, -0.1) is 0 Å². The Morgan fingerprint density at radius 1 is 1.54 bits per heavy atom. The molecular weight excluding hydrogens is 226 g/mol. The van der Waals surface area contributed by atoms with Crippen molar-refractivity contribution in [3.05, 3.63) is 34.6 Å². The highest BCUT2D eigenvalue weighted by molar-refractivity contribution is 9.10. The van der Waals surface area contributed by atoms with E-state index >= 15 is 0 Å². The molecule has 1 rings (SSSR count). The van der Waals surface area contributed by atoms with E-state index in [-0.39, 0.29) is 0 Å². The normalized spacial score (nSPS) is 10.9. The molecule has 0 radical (unpaired) electrons. The summed E-state index contributed by atoms with van der Waals surface area (Å²) in [7, 11) is 0. The van der Waals surface area contributed by atoms with Gasteiger partial charge in [0.05, 0.1) is 0 Å². The van der Waals surface area contributed by atoms with Gasteiger partial charge in [0.25, 0.3) is 0 Å². The number of hydrogen-bond donors (Lipinski definition) is 0. The highest BCUT2D eigenvalue weighted by Gasteiger charge is 1.92. The van der Waals surface area contributed by atoms with Crippen LogP contribution in [0.4, 0.5) is 0 Å². The third-order valence-corrected chi connectivity index (χ3v) is 2.49. The molecule has 0 unspecified atom stereocenters. The predicted octanol–water partition coefficient (Wildman–Crippen LogP) is 4.05. The summed E-state index contributed by atoms with van der Waals surface area (Å²) < 4.78 is 1.06. The molecule has 0 atom stereocenters. The van der Waals surface area contributed by atoms with Gasteiger partial charge in [0.1, 0.15) is 0 Å². The summed E-state index contributed by atoms with van der Waals surface area (Å²) in [5.41, 5.74) is 1.20. The second kappa shape index (κ2) is 5.92. The molecule has 1 nitrogen and oxygen atoms in total. The van der Waals surface area contributed by atoms with Crippen molar-refractivity contribution in [3.8, 4) is 0 Å².